The van der Waals surface area contributed by atoms with Gasteiger partial charge in [-0.15, -0.1) is 0 Å². The first-order chi connectivity index (χ1) is 9.90. The van der Waals surface area contributed by atoms with Crippen LogP contribution in [0.1, 0.15) is 42.1 Å². The van der Waals surface area contributed by atoms with E-state index in [1.165, 1.54) is 49.4 Å². The summed E-state index contributed by atoms with van der Waals surface area (Å²) in [5.41, 5.74) is 4.00. The third-order valence-electron chi connectivity index (χ3n) is 4.94. The van der Waals surface area contributed by atoms with E-state index in [-0.39, 0.29) is 0 Å². The summed E-state index contributed by atoms with van der Waals surface area (Å²) in [5, 5.41) is 0. The Bertz CT molecular complexity index is 481. The molecular weight excluding hydrogens is 250 g/mol. The van der Waals surface area contributed by atoms with Crippen molar-refractivity contribution in [2.24, 2.45) is 5.92 Å². The van der Waals surface area contributed by atoms with Crippen molar-refractivity contribution in [2.75, 3.05) is 32.8 Å². The molecule has 4 rings (SSSR count). The number of aromatic nitrogens is 2. The van der Waals surface area contributed by atoms with Gasteiger partial charge in [-0.1, -0.05) is 0 Å². The molecule has 1 saturated heterocycles. The van der Waals surface area contributed by atoms with Crippen LogP contribution in [0.2, 0.25) is 0 Å². The van der Waals surface area contributed by atoms with Crippen LogP contribution in [0.3, 0.4) is 0 Å². The predicted molar refractivity (Wildman–Crippen MR) is 76.8 cm³/mol. The van der Waals surface area contributed by atoms with Crippen LogP contribution in [0.25, 0.3) is 0 Å². The summed E-state index contributed by atoms with van der Waals surface area (Å²) in [5.74, 6) is 1.48. The van der Waals surface area contributed by atoms with Gasteiger partial charge in [-0.05, 0) is 37.2 Å². The minimum atomic E-state index is 0.502. The molecule has 3 heterocycles. The number of fused-ring (bicyclic) bond motifs is 1. The second-order valence-electron chi connectivity index (χ2n) is 6.49. The third-order valence-corrected chi connectivity index (χ3v) is 4.94. The first kappa shape index (κ1) is 12.7. The Hall–Kier alpha value is -1.00. The molecular formula is C16H23N3O. The Morgan fingerprint density at radius 3 is 2.85 bits per heavy atom. The molecule has 1 aromatic heterocycles. The maximum Gasteiger partial charge on any atom is 0.115 e. The Kier molecular flexibility index (Phi) is 3.44. The molecule has 0 radical (unpaired) electrons. The lowest BCUT2D eigenvalue weighted by atomic mass is 9.96. The van der Waals surface area contributed by atoms with Crippen LogP contribution < -0.4 is 0 Å². The highest BCUT2D eigenvalue weighted by molar-refractivity contribution is 5.30. The maximum absolute atomic E-state index is 5.54. The number of hydrogen-bond donors (Lipinski definition) is 0. The van der Waals surface area contributed by atoms with Gasteiger partial charge in [0.2, 0.25) is 0 Å². The van der Waals surface area contributed by atoms with E-state index >= 15 is 0 Å². The molecule has 1 aliphatic carbocycles. The summed E-state index contributed by atoms with van der Waals surface area (Å²) in [6.07, 6.45) is 7.97. The van der Waals surface area contributed by atoms with Crippen molar-refractivity contribution in [2.45, 2.75) is 38.0 Å². The summed E-state index contributed by atoms with van der Waals surface area (Å²) in [4.78, 5) is 11.8. The predicted octanol–water partition coefficient (Wildman–Crippen LogP) is 1.79. The normalized spacial score (nSPS) is 27.3. The van der Waals surface area contributed by atoms with E-state index < -0.39 is 0 Å². The van der Waals surface area contributed by atoms with Gasteiger partial charge in [-0.25, -0.2) is 9.97 Å². The molecule has 2 fully saturated rings. The number of hydrogen-bond acceptors (Lipinski definition) is 4. The molecule has 3 aliphatic rings. The second kappa shape index (κ2) is 5.41. The quantitative estimate of drug-likeness (QED) is 0.841. The summed E-state index contributed by atoms with van der Waals surface area (Å²) >= 11 is 0. The fourth-order valence-electron chi connectivity index (χ4n) is 3.55. The summed E-state index contributed by atoms with van der Waals surface area (Å²) in [6, 6.07) is 0. The highest BCUT2D eigenvalue weighted by Gasteiger charge is 2.28. The zero-order chi connectivity index (χ0) is 13.4. The van der Waals surface area contributed by atoms with Crippen molar-refractivity contribution in [1.82, 2.24) is 14.9 Å². The molecule has 20 heavy (non-hydrogen) atoms. The molecule has 2 aliphatic heterocycles. The van der Waals surface area contributed by atoms with Gasteiger partial charge in [0.05, 0.1) is 12.3 Å². The molecule has 0 amide bonds. The van der Waals surface area contributed by atoms with Gasteiger partial charge in [-0.3, -0.25) is 0 Å². The van der Waals surface area contributed by atoms with Gasteiger partial charge in [0.25, 0.3) is 0 Å². The van der Waals surface area contributed by atoms with Gasteiger partial charge in [0.1, 0.15) is 6.33 Å². The minimum absolute atomic E-state index is 0.502. The maximum atomic E-state index is 5.54. The highest BCUT2D eigenvalue weighted by Crippen LogP contribution is 2.32. The Labute approximate surface area is 120 Å². The van der Waals surface area contributed by atoms with E-state index in [0.717, 1.165) is 38.4 Å². The van der Waals surface area contributed by atoms with Crippen LogP contribution in [0, 0.1) is 5.92 Å². The molecule has 1 aromatic rings. The van der Waals surface area contributed by atoms with Crippen molar-refractivity contribution in [3.63, 3.8) is 0 Å². The first-order valence-electron chi connectivity index (χ1n) is 8.03. The molecule has 0 aromatic carbocycles. The average Bonchev–Trinajstić information content (AvgIpc) is 3.17. The largest absolute Gasteiger partial charge is 0.381 e. The van der Waals surface area contributed by atoms with Crippen molar-refractivity contribution in [1.29, 1.82) is 0 Å². The van der Waals surface area contributed by atoms with Gasteiger partial charge in [0, 0.05) is 44.3 Å². The second-order valence-corrected chi connectivity index (χ2v) is 6.49. The molecule has 1 unspecified atom stereocenters. The van der Waals surface area contributed by atoms with Crippen molar-refractivity contribution >= 4 is 0 Å². The Balaban J connectivity index is 1.54. The molecule has 4 heteroatoms. The zero-order valence-corrected chi connectivity index (χ0v) is 12.1. The molecule has 0 spiro atoms. The summed E-state index contributed by atoms with van der Waals surface area (Å²) in [7, 11) is 0. The van der Waals surface area contributed by atoms with E-state index in [2.05, 4.69) is 14.9 Å². The Morgan fingerprint density at radius 2 is 2.05 bits per heavy atom. The van der Waals surface area contributed by atoms with Crippen molar-refractivity contribution in [3.8, 4) is 0 Å². The number of nitrogens with zero attached hydrogens (tertiary/aromatic N) is 3. The number of rotatable bonds is 3. The molecule has 108 valence electrons. The van der Waals surface area contributed by atoms with E-state index in [1.54, 1.807) is 6.33 Å². The summed E-state index contributed by atoms with van der Waals surface area (Å²) in [6.45, 7) is 5.37. The van der Waals surface area contributed by atoms with E-state index in [0.29, 0.717) is 5.92 Å². The van der Waals surface area contributed by atoms with Crippen LogP contribution in [0.15, 0.2) is 6.33 Å². The third kappa shape index (κ3) is 2.59. The van der Waals surface area contributed by atoms with Crippen molar-refractivity contribution in [3.05, 3.63) is 23.3 Å². The number of ether oxygens (including phenoxy) is 1. The lowest BCUT2D eigenvalue weighted by Crippen LogP contribution is -2.28. The minimum Gasteiger partial charge on any atom is -0.381 e. The van der Waals surface area contributed by atoms with E-state index in [9.17, 15) is 0 Å². The van der Waals surface area contributed by atoms with Crippen LogP contribution in [0.5, 0.6) is 0 Å². The standard InChI is InChI=1S/C16H23N3O/c1-2-12(1)9-19-6-3-14-15(4-7-19)17-11-18-16(14)13-5-8-20-10-13/h11-13H,1-10H2. The van der Waals surface area contributed by atoms with Crippen LogP contribution >= 0.6 is 0 Å². The zero-order valence-electron chi connectivity index (χ0n) is 12.1. The average molecular weight is 273 g/mol. The van der Waals surface area contributed by atoms with E-state index in [1.807, 2.05) is 0 Å². The SMILES string of the molecule is c1nc2c(c(C3CCOC3)n1)CCN(CC1CC1)CC2. The van der Waals surface area contributed by atoms with Gasteiger partial charge in [-0.2, -0.15) is 0 Å². The Morgan fingerprint density at radius 1 is 1.15 bits per heavy atom. The smallest absolute Gasteiger partial charge is 0.115 e. The van der Waals surface area contributed by atoms with Gasteiger partial charge < -0.3 is 9.64 Å². The van der Waals surface area contributed by atoms with Crippen LogP contribution in [-0.2, 0) is 17.6 Å². The van der Waals surface area contributed by atoms with Crippen LogP contribution in [0.4, 0.5) is 0 Å². The first-order valence-corrected chi connectivity index (χ1v) is 8.03. The van der Waals surface area contributed by atoms with E-state index in [4.69, 9.17) is 4.74 Å². The fraction of sp³-hybridized carbons (Fsp3) is 0.750. The van der Waals surface area contributed by atoms with Gasteiger partial charge in [0.15, 0.2) is 0 Å². The molecule has 1 saturated carbocycles. The van der Waals surface area contributed by atoms with Crippen LogP contribution in [-0.4, -0.2) is 47.7 Å². The van der Waals surface area contributed by atoms with Gasteiger partial charge >= 0.3 is 0 Å². The topological polar surface area (TPSA) is 38.3 Å². The fourth-order valence-corrected chi connectivity index (χ4v) is 3.55. The monoisotopic (exact) mass is 273 g/mol. The molecule has 1 atom stereocenters. The highest BCUT2D eigenvalue weighted by atomic mass is 16.5. The lowest BCUT2D eigenvalue weighted by Gasteiger charge is -2.19. The van der Waals surface area contributed by atoms with Crippen molar-refractivity contribution < 1.29 is 4.74 Å². The molecule has 0 bridgehead atoms. The molecule has 0 N–H and O–H groups in total. The lowest BCUT2D eigenvalue weighted by molar-refractivity contribution is 0.193. The molecule has 4 nitrogen and oxygen atoms in total. The summed E-state index contributed by atoms with van der Waals surface area (Å²) < 4.78 is 5.54.